The topological polar surface area (TPSA) is 52.3 Å². The van der Waals surface area contributed by atoms with Gasteiger partial charge in [0, 0.05) is 10.6 Å². The van der Waals surface area contributed by atoms with E-state index in [0.717, 1.165) is 4.90 Å². The van der Waals surface area contributed by atoms with Gasteiger partial charge in [-0.05, 0) is 24.3 Å². The number of nitrogens with two attached hydrogens (primary N) is 1. The van der Waals surface area contributed by atoms with E-state index in [4.69, 9.17) is 45.3 Å². The highest BCUT2D eigenvalue weighted by atomic mass is 35.6. The minimum absolute atomic E-state index is 0.157. The van der Waals surface area contributed by atoms with Crippen molar-refractivity contribution in [3.8, 4) is 0 Å². The van der Waals surface area contributed by atoms with Gasteiger partial charge in [-0.3, -0.25) is 4.79 Å². The Morgan fingerprint density at radius 2 is 1.88 bits per heavy atom. The fourth-order valence-corrected chi connectivity index (χ4v) is 1.77. The smallest absolute Gasteiger partial charge is 0.316 e. The molecule has 3 nitrogen and oxygen atoms in total. The molecular formula is C10H10Cl3NO2S. The minimum Gasteiger partial charge on any atom is -0.460 e. The number of esters is 1. The molecule has 0 fully saturated rings. The SMILES string of the molecule is Nc1ccc(SCC(=O)OCC(Cl)(Cl)Cl)cc1. The maximum absolute atomic E-state index is 11.3. The van der Waals surface area contributed by atoms with Crippen molar-refractivity contribution in [3.63, 3.8) is 0 Å². The molecule has 1 aromatic rings. The van der Waals surface area contributed by atoms with Crippen molar-refractivity contribution < 1.29 is 9.53 Å². The Hall–Kier alpha value is -0.290. The molecule has 0 unspecified atom stereocenters. The van der Waals surface area contributed by atoms with E-state index in [2.05, 4.69) is 0 Å². The first-order valence-corrected chi connectivity index (χ1v) is 6.69. The van der Waals surface area contributed by atoms with E-state index in [1.165, 1.54) is 11.8 Å². The Balaban J connectivity index is 2.31. The summed E-state index contributed by atoms with van der Waals surface area (Å²) < 4.78 is 3.20. The summed E-state index contributed by atoms with van der Waals surface area (Å²) in [5.74, 6) is -0.275. The molecular weight excluding hydrogens is 305 g/mol. The Labute approximate surface area is 119 Å². The van der Waals surface area contributed by atoms with Crippen molar-refractivity contribution >= 4 is 58.2 Å². The lowest BCUT2D eigenvalue weighted by molar-refractivity contribution is -0.140. The maximum atomic E-state index is 11.3. The molecule has 0 saturated carbocycles. The summed E-state index contributed by atoms with van der Waals surface area (Å²) in [6, 6.07) is 7.16. The third-order valence-electron chi connectivity index (χ3n) is 1.63. The summed E-state index contributed by atoms with van der Waals surface area (Å²) in [5, 5.41) is 0. The predicted molar refractivity (Wildman–Crippen MR) is 72.8 cm³/mol. The third-order valence-corrected chi connectivity index (χ3v) is 2.95. The number of nitrogen functional groups attached to an aromatic ring is 1. The Bertz CT molecular complexity index is 378. The quantitative estimate of drug-likeness (QED) is 0.401. The van der Waals surface area contributed by atoms with Gasteiger partial charge in [-0.2, -0.15) is 0 Å². The second-order valence-electron chi connectivity index (χ2n) is 3.13. The van der Waals surface area contributed by atoms with Crippen LogP contribution in [-0.4, -0.2) is 22.1 Å². The first-order valence-electron chi connectivity index (χ1n) is 4.57. The van der Waals surface area contributed by atoms with E-state index in [0.29, 0.717) is 5.69 Å². The zero-order valence-electron chi connectivity index (χ0n) is 8.66. The second-order valence-corrected chi connectivity index (χ2v) is 6.70. The molecule has 1 rings (SSSR count). The Morgan fingerprint density at radius 1 is 1.29 bits per heavy atom. The van der Waals surface area contributed by atoms with Gasteiger partial charge in [0.2, 0.25) is 3.79 Å². The van der Waals surface area contributed by atoms with Crippen LogP contribution >= 0.6 is 46.6 Å². The number of ether oxygens (including phenoxy) is 1. The first kappa shape index (κ1) is 14.8. The zero-order valence-corrected chi connectivity index (χ0v) is 11.7. The predicted octanol–water partition coefficient (Wildman–Crippen LogP) is 3.27. The van der Waals surface area contributed by atoms with Crippen LogP contribution in [0.25, 0.3) is 0 Å². The van der Waals surface area contributed by atoms with Gasteiger partial charge in [0.25, 0.3) is 0 Å². The Morgan fingerprint density at radius 3 is 2.41 bits per heavy atom. The standard InChI is InChI=1S/C10H10Cl3NO2S/c11-10(12,13)6-16-9(15)5-17-8-3-1-7(14)2-4-8/h1-4H,5-6,14H2. The molecule has 0 saturated heterocycles. The average Bonchev–Trinajstić information content (AvgIpc) is 2.25. The number of hydrogen-bond acceptors (Lipinski definition) is 4. The first-order chi connectivity index (χ1) is 7.87. The van der Waals surface area contributed by atoms with Gasteiger partial charge in [0.05, 0.1) is 5.75 Å². The molecule has 17 heavy (non-hydrogen) atoms. The molecule has 0 aromatic heterocycles. The number of rotatable bonds is 4. The summed E-state index contributed by atoms with van der Waals surface area (Å²) in [5.41, 5.74) is 6.21. The van der Waals surface area contributed by atoms with E-state index in [1.54, 1.807) is 12.1 Å². The van der Waals surface area contributed by atoms with Crippen LogP contribution in [0.15, 0.2) is 29.2 Å². The van der Waals surface area contributed by atoms with Gasteiger partial charge in [0.1, 0.15) is 6.61 Å². The fourth-order valence-electron chi connectivity index (χ4n) is 0.910. The van der Waals surface area contributed by atoms with Crippen LogP contribution < -0.4 is 5.73 Å². The summed E-state index contributed by atoms with van der Waals surface area (Å²) in [4.78, 5) is 12.2. The van der Waals surface area contributed by atoms with Gasteiger partial charge >= 0.3 is 5.97 Å². The summed E-state index contributed by atoms with van der Waals surface area (Å²) in [7, 11) is 0. The van der Waals surface area contributed by atoms with Crippen LogP contribution in [0.2, 0.25) is 0 Å². The minimum atomic E-state index is -1.57. The molecule has 0 spiro atoms. The number of alkyl halides is 3. The highest BCUT2D eigenvalue weighted by molar-refractivity contribution is 8.00. The number of hydrogen-bond donors (Lipinski definition) is 1. The summed E-state index contributed by atoms with van der Waals surface area (Å²) in [6.07, 6.45) is 0. The molecule has 0 heterocycles. The van der Waals surface area contributed by atoms with Gasteiger partial charge in [0.15, 0.2) is 0 Å². The molecule has 7 heteroatoms. The molecule has 94 valence electrons. The van der Waals surface area contributed by atoms with E-state index in [1.807, 2.05) is 12.1 Å². The zero-order chi connectivity index (χ0) is 12.9. The average molecular weight is 315 g/mol. The van der Waals surface area contributed by atoms with Crippen LogP contribution in [0, 0.1) is 0 Å². The van der Waals surface area contributed by atoms with Gasteiger partial charge in [-0.1, -0.05) is 34.8 Å². The molecule has 0 atom stereocenters. The lowest BCUT2D eigenvalue weighted by atomic mass is 10.3. The number of halogens is 3. The molecule has 0 bridgehead atoms. The molecule has 1 aromatic carbocycles. The van der Waals surface area contributed by atoms with Crippen LogP contribution in [0.4, 0.5) is 5.69 Å². The molecule has 0 amide bonds. The van der Waals surface area contributed by atoms with E-state index >= 15 is 0 Å². The van der Waals surface area contributed by atoms with Crippen LogP contribution in [0.1, 0.15) is 0 Å². The van der Waals surface area contributed by atoms with Crippen molar-refractivity contribution in [2.24, 2.45) is 0 Å². The highest BCUT2D eigenvalue weighted by Crippen LogP contribution is 2.26. The summed E-state index contributed by atoms with van der Waals surface area (Å²) in [6.45, 7) is -0.251. The number of benzene rings is 1. The maximum Gasteiger partial charge on any atom is 0.316 e. The van der Waals surface area contributed by atoms with Crippen molar-refractivity contribution in [2.75, 3.05) is 18.1 Å². The van der Waals surface area contributed by atoms with Crippen LogP contribution in [-0.2, 0) is 9.53 Å². The molecule has 0 aliphatic heterocycles. The largest absolute Gasteiger partial charge is 0.460 e. The lowest BCUT2D eigenvalue weighted by Gasteiger charge is -2.10. The van der Waals surface area contributed by atoms with E-state index in [-0.39, 0.29) is 12.4 Å². The van der Waals surface area contributed by atoms with Gasteiger partial charge in [-0.25, -0.2) is 0 Å². The number of carbonyl (C=O) groups is 1. The van der Waals surface area contributed by atoms with E-state index in [9.17, 15) is 4.79 Å². The van der Waals surface area contributed by atoms with Gasteiger partial charge < -0.3 is 10.5 Å². The molecule has 0 aliphatic carbocycles. The second kappa shape index (κ2) is 6.59. The molecule has 2 N–H and O–H groups in total. The highest BCUT2D eigenvalue weighted by Gasteiger charge is 2.22. The van der Waals surface area contributed by atoms with Crippen LogP contribution in [0.5, 0.6) is 0 Å². The molecule has 0 radical (unpaired) electrons. The molecule has 0 aliphatic rings. The monoisotopic (exact) mass is 313 g/mol. The number of thioether (sulfide) groups is 1. The van der Waals surface area contributed by atoms with Crippen LogP contribution in [0.3, 0.4) is 0 Å². The van der Waals surface area contributed by atoms with Crippen molar-refractivity contribution in [3.05, 3.63) is 24.3 Å². The normalized spacial score (nSPS) is 11.2. The third kappa shape index (κ3) is 6.88. The van der Waals surface area contributed by atoms with E-state index < -0.39 is 9.76 Å². The van der Waals surface area contributed by atoms with Crippen molar-refractivity contribution in [2.45, 2.75) is 8.69 Å². The van der Waals surface area contributed by atoms with Crippen molar-refractivity contribution in [1.29, 1.82) is 0 Å². The summed E-state index contributed by atoms with van der Waals surface area (Å²) >= 11 is 17.7. The Kier molecular flexibility index (Phi) is 5.73. The number of anilines is 1. The van der Waals surface area contributed by atoms with Gasteiger partial charge in [-0.15, -0.1) is 11.8 Å². The fraction of sp³-hybridized carbons (Fsp3) is 0.300. The van der Waals surface area contributed by atoms with Crippen molar-refractivity contribution in [1.82, 2.24) is 0 Å². The lowest BCUT2D eigenvalue weighted by Crippen LogP contribution is -2.18. The number of carbonyl (C=O) groups excluding carboxylic acids is 1.